The molecule has 0 fully saturated rings. The molecule has 1 amide bonds. The molecule has 0 radical (unpaired) electrons. The first-order valence-electron chi connectivity index (χ1n) is 5.71. The lowest BCUT2D eigenvalue weighted by atomic mass is 10.2. The van der Waals surface area contributed by atoms with E-state index in [0.29, 0.717) is 12.2 Å². The molecule has 1 unspecified atom stereocenters. The Labute approximate surface area is 96.8 Å². The zero-order valence-corrected chi connectivity index (χ0v) is 10.1. The van der Waals surface area contributed by atoms with Crippen LogP contribution in [0.5, 0.6) is 5.75 Å². The molecule has 1 N–H and O–H groups in total. The number of amides is 1. The maximum Gasteiger partial charge on any atom is 0.251 e. The second-order valence-corrected chi connectivity index (χ2v) is 3.74. The minimum absolute atomic E-state index is 0.0302. The van der Waals surface area contributed by atoms with Gasteiger partial charge < -0.3 is 10.1 Å². The predicted molar refractivity (Wildman–Crippen MR) is 64.8 cm³/mol. The van der Waals surface area contributed by atoms with Gasteiger partial charge in [0.25, 0.3) is 5.91 Å². The summed E-state index contributed by atoms with van der Waals surface area (Å²) in [5.74, 6) is 0.764. The van der Waals surface area contributed by atoms with E-state index >= 15 is 0 Å². The molecular formula is C13H19NO2. The van der Waals surface area contributed by atoms with Crippen molar-refractivity contribution in [2.24, 2.45) is 0 Å². The van der Waals surface area contributed by atoms with E-state index in [0.717, 1.165) is 12.2 Å². The minimum Gasteiger partial charge on any atom is -0.494 e. The van der Waals surface area contributed by atoms with E-state index in [1.54, 1.807) is 12.1 Å². The molecule has 1 aromatic carbocycles. The molecule has 0 saturated heterocycles. The number of carbonyl (C=O) groups excluding carboxylic acids is 1. The van der Waals surface area contributed by atoms with Crippen molar-refractivity contribution in [3.63, 3.8) is 0 Å². The highest BCUT2D eigenvalue weighted by Gasteiger charge is 2.07. The van der Waals surface area contributed by atoms with E-state index in [4.69, 9.17) is 4.74 Å². The molecule has 0 bridgehead atoms. The second kappa shape index (κ2) is 6.16. The van der Waals surface area contributed by atoms with E-state index in [9.17, 15) is 4.79 Å². The van der Waals surface area contributed by atoms with Crippen molar-refractivity contribution in [2.75, 3.05) is 6.61 Å². The van der Waals surface area contributed by atoms with Gasteiger partial charge >= 0.3 is 0 Å². The fraction of sp³-hybridized carbons (Fsp3) is 0.462. The van der Waals surface area contributed by atoms with Crippen LogP contribution in [0.1, 0.15) is 37.6 Å². The summed E-state index contributed by atoms with van der Waals surface area (Å²) in [6, 6.07) is 7.40. The standard InChI is InChI=1S/C13H19NO2/c1-4-10(3)14-13(15)11-6-8-12(9-7-11)16-5-2/h6-10H,4-5H2,1-3H3,(H,14,15). The predicted octanol–water partition coefficient (Wildman–Crippen LogP) is 2.61. The molecule has 0 heterocycles. The van der Waals surface area contributed by atoms with Crippen molar-refractivity contribution >= 4 is 5.91 Å². The zero-order chi connectivity index (χ0) is 12.0. The summed E-state index contributed by atoms with van der Waals surface area (Å²) in [5, 5.41) is 2.92. The molecular weight excluding hydrogens is 202 g/mol. The van der Waals surface area contributed by atoms with Crippen LogP contribution in [0.2, 0.25) is 0 Å². The fourth-order valence-electron chi connectivity index (χ4n) is 1.28. The van der Waals surface area contributed by atoms with Gasteiger partial charge in [-0.25, -0.2) is 0 Å². The molecule has 0 aliphatic rings. The Hall–Kier alpha value is -1.51. The molecule has 1 atom stereocenters. The van der Waals surface area contributed by atoms with E-state index in [-0.39, 0.29) is 11.9 Å². The molecule has 0 aromatic heterocycles. The zero-order valence-electron chi connectivity index (χ0n) is 10.1. The molecule has 1 aromatic rings. The summed E-state index contributed by atoms with van der Waals surface area (Å²) >= 11 is 0. The third-order valence-corrected chi connectivity index (χ3v) is 2.42. The topological polar surface area (TPSA) is 38.3 Å². The van der Waals surface area contributed by atoms with E-state index < -0.39 is 0 Å². The quantitative estimate of drug-likeness (QED) is 0.830. The second-order valence-electron chi connectivity index (χ2n) is 3.74. The summed E-state index contributed by atoms with van der Waals surface area (Å²) in [7, 11) is 0. The van der Waals surface area contributed by atoms with Gasteiger partial charge in [-0.1, -0.05) is 6.92 Å². The fourth-order valence-corrected chi connectivity index (χ4v) is 1.28. The first kappa shape index (κ1) is 12.6. The van der Waals surface area contributed by atoms with Crippen molar-refractivity contribution in [1.29, 1.82) is 0 Å². The van der Waals surface area contributed by atoms with Gasteiger partial charge in [-0.05, 0) is 44.5 Å². The summed E-state index contributed by atoms with van der Waals surface area (Å²) < 4.78 is 5.31. The van der Waals surface area contributed by atoms with Gasteiger partial charge in [0.2, 0.25) is 0 Å². The normalized spacial score (nSPS) is 11.9. The lowest BCUT2D eigenvalue weighted by molar-refractivity contribution is 0.0939. The summed E-state index contributed by atoms with van der Waals surface area (Å²) in [6.45, 7) is 6.61. The Kier molecular flexibility index (Phi) is 4.83. The Bertz CT molecular complexity index is 332. The van der Waals surface area contributed by atoms with Crippen LogP contribution in [0, 0.1) is 0 Å². The monoisotopic (exact) mass is 221 g/mol. The Morgan fingerprint density at radius 3 is 2.44 bits per heavy atom. The van der Waals surface area contributed by atoms with Crippen molar-refractivity contribution in [3.8, 4) is 5.75 Å². The molecule has 88 valence electrons. The van der Waals surface area contributed by atoms with Gasteiger partial charge in [0, 0.05) is 11.6 Å². The van der Waals surface area contributed by atoms with Crippen molar-refractivity contribution in [3.05, 3.63) is 29.8 Å². The van der Waals surface area contributed by atoms with Gasteiger partial charge in [-0.15, -0.1) is 0 Å². The third kappa shape index (κ3) is 3.57. The lowest BCUT2D eigenvalue weighted by Gasteiger charge is -2.11. The van der Waals surface area contributed by atoms with Crippen LogP contribution in [-0.4, -0.2) is 18.6 Å². The van der Waals surface area contributed by atoms with Crippen LogP contribution in [0.15, 0.2) is 24.3 Å². The number of carbonyl (C=O) groups is 1. The minimum atomic E-state index is -0.0302. The number of hydrogen-bond acceptors (Lipinski definition) is 2. The Morgan fingerprint density at radius 2 is 1.94 bits per heavy atom. The first-order chi connectivity index (χ1) is 7.67. The maximum atomic E-state index is 11.7. The van der Waals surface area contributed by atoms with Crippen molar-refractivity contribution in [1.82, 2.24) is 5.32 Å². The highest BCUT2D eigenvalue weighted by Crippen LogP contribution is 2.12. The van der Waals surface area contributed by atoms with Crippen LogP contribution in [0.3, 0.4) is 0 Å². The Morgan fingerprint density at radius 1 is 1.31 bits per heavy atom. The molecule has 1 rings (SSSR count). The number of benzene rings is 1. The lowest BCUT2D eigenvalue weighted by Crippen LogP contribution is -2.31. The van der Waals surface area contributed by atoms with Crippen LogP contribution in [0.25, 0.3) is 0 Å². The van der Waals surface area contributed by atoms with Crippen LogP contribution in [0.4, 0.5) is 0 Å². The SMILES string of the molecule is CCOc1ccc(C(=O)NC(C)CC)cc1. The Balaban J connectivity index is 2.63. The maximum absolute atomic E-state index is 11.7. The van der Waals surface area contributed by atoms with Crippen LogP contribution >= 0.6 is 0 Å². The smallest absolute Gasteiger partial charge is 0.251 e. The number of hydrogen-bond donors (Lipinski definition) is 1. The molecule has 3 nitrogen and oxygen atoms in total. The third-order valence-electron chi connectivity index (χ3n) is 2.42. The largest absolute Gasteiger partial charge is 0.494 e. The highest BCUT2D eigenvalue weighted by molar-refractivity contribution is 5.94. The molecule has 0 aliphatic carbocycles. The average molecular weight is 221 g/mol. The average Bonchev–Trinajstić information content (AvgIpc) is 2.30. The summed E-state index contributed by atoms with van der Waals surface area (Å²) in [4.78, 5) is 11.7. The van der Waals surface area contributed by atoms with Crippen molar-refractivity contribution in [2.45, 2.75) is 33.2 Å². The van der Waals surface area contributed by atoms with Gasteiger partial charge in [0.05, 0.1) is 6.61 Å². The molecule has 0 aliphatic heterocycles. The van der Waals surface area contributed by atoms with Gasteiger partial charge in [0.1, 0.15) is 5.75 Å². The molecule has 0 saturated carbocycles. The molecule has 0 spiro atoms. The highest BCUT2D eigenvalue weighted by atomic mass is 16.5. The van der Waals surface area contributed by atoms with Crippen LogP contribution in [-0.2, 0) is 0 Å². The molecule has 3 heteroatoms. The van der Waals surface area contributed by atoms with Gasteiger partial charge in [-0.3, -0.25) is 4.79 Å². The number of nitrogens with one attached hydrogen (secondary N) is 1. The molecule has 16 heavy (non-hydrogen) atoms. The summed E-state index contributed by atoms with van der Waals surface area (Å²) in [5.41, 5.74) is 0.670. The van der Waals surface area contributed by atoms with Crippen LogP contribution < -0.4 is 10.1 Å². The van der Waals surface area contributed by atoms with E-state index in [2.05, 4.69) is 5.32 Å². The van der Waals surface area contributed by atoms with Gasteiger partial charge in [0.15, 0.2) is 0 Å². The number of ether oxygens (including phenoxy) is 1. The summed E-state index contributed by atoms with van der Waals surface area (Å²) in [6.07, 6.45) is 0.933. The first-order valence-corrected chi connectivity index (χ1v) is 5.71. The van der Waals surface area contributed by atoms with Crippen molar-refractivity contribution < 1.29 is 9.53 Å². The van der Waals surface area contributed by atoms with Gasteiger partial charge in [-0.2, -0.15) is 0 Å². The van der Waals surface area contributed by atoms with E-state index in [1.807, 2.05) is 32.9 Å². The van der Waals surface area contributed by atoms with E-state index in [1.165, 1.54) is 0 Å². The number of rotatable bonds is 5.